The maximum absolute atomic E-state index is 12.6. The number of aliphatic carboxylic acids is 1. The molecule has 2 heterocycles. The van der Waals surface area contributed by atoms with Crippen LogP contribution < -0.4 is 4.74 Å². The summed E-state index contributed by atoms with van der Waals surface area (Å²) in [5.74, 6) is 0.0306. The van der Waals surface area contributed by atoms with E-state index in [-0.39, 0.29) is 11.8 Å². The van der Waals surface area contributed by atoms with E-state index >= 15 is 0 Å². The van der Waals surface area contributed by atoms with Gasteiger partial charge in [0.15, 0.2) is 0 Å². The summed E-state index contributed by atoms with van der Waals surface area (Å²) in [5.41, 5.74) is 1.06. The summed E-state index contributed by atoms with van der Waals surface area (Å²) in [7, 11) is 0. The molecule has 1 fully saturated rings. The molecule has 2 aliphatic rings. The van der Waals surface area contributed by atoms with Gasteiger partial charge in [0.2, 0.25) is 5.91 Å². The van der Waals surface area contributed by atoms with Crippen LogP contribution in [0.1, 0.15) is 43.6 Å². The van der Waals surface area contributed by atoms with Gasteiger partial charge in [0.25, 0.3) is 0 Å². The number of para-hydroxylation sites is 1. The zero-order valence-electron chi connectivity index (χ0n) is 12.5. The summed E-state index contributed by atoms with van der Waals surface area (Å²) in [4.78, 5) is 25.5. The van der Waals surface area contributed by atoms with Gasteiger partial charge in [-0.15, -0.1) is 0 Å². The highest BCUT2D eigenvalue weighted by atomic mass is 16.5. The number of rotatable bonds is 3. The molecular formula is C17H21NO4. The second-order valence-corrected chi connectivity index (χ2v) is 6.01. The number of carbonyl (C=O) groups is 2. The Kier molecular flexibility index (Phi) is 4.32. The number of hydrogen-bond donors (Lipinski definition) is 1. The predicted octanol–water partition coefficient (Wildman–Crippen LogP) is 2.41. The number of fused-ring (bicyclic) bond motifs is 1. The van der Waals surface area contributed by atoms with Gasteiger partial charge in [0.1, 0.15) is 11.8 Å². The number of carbonyl (C=O) groups excluding carboxylic acids is 1. The normalized spacial score (nSPS) is 24.3. The first kappa shape index (κ1) is 14.9. The summed E-state index contributed by atoms with van der Waals surface area (Å²) in [6.07, 6.45) is 3.49. The van der Waals surface area contributed by atoms with Gasteiger partial charge in [-0.1, -0.05) is 18.2 Å². The van der Waals surface area contributed by atoms with Crippen molar-refractivity contribution in [1.82, 2.24) is 4.90 Å². The molecule has 1 saturated heterocycles. The van der Waals surface area contributed by atoms with Crippen LogP contribution in [0.2, 0.25) is 0 Å². The van der Waals surface area contributed by atoms with Crippen LogP contribution in [0.25, 0.3) is 0 Å². The molecule has 1 amide bonds. The average Bonchev–Trinajstić information content (AvgIpc) is 2.55. The van der Waals surface area contributed by atoms with Crippen molar-refractivity contribution in [3.05, 3.63) is 29.8 Å². The van der Waals surface area contributed by atoms with Gasteiger partial charge in [0, 0.05) is 13.0 Å². The molecule has 5 nitrogen and oxygen atoms in total. The van der Waals surface area contributed by atoms with E-state index in [1.807, 2.05) is 24.3 Å². The Balaban J connectivity index is 1.73. The lowest BCUT2D eigenvalue weighted by molar-refractivity contribution is -0.152. The van der Waals surface area contributed by atoms with Crippen molar-refractivity contribution in [2.45, 2.75) is 44.1 Å². The van der Waals surface area contributed by atoms with Crippen molar-refractivity contribution >= 4 is 11.9 Å². The Morgan fingerprint density at radius 2 is 2.05 bits per heavy atom. The lowest BCUT2D eigenvalue weighted by Gasteiger charge is -2.34. The van der Waals surface area contributed by atoms with Crippen molar-refractivity contribution in [3.63, 3.8) is 0 Å². The van der Waals surface area contributed by atoms with Gasteiger partial charge >= 0.3 is 5.97 Å². The summed E-state index contributed by atoms with van der Waals surface area (Å²) in [6, 6.07) is 7.14. The minimum Gasteiger partial charge on any atom is -0.493 e. The van der Waals surface area contributed by atoms with Gasteiger partial charge in [0.05, 0.1) is 6.61 Å². The number of carboxylic acid groups (broad SMARTS) is 1. The predicted molar refractivity (Wildman–Crippen MR) is 80.9 cm³/mol. The van der Waals surface area contributed by atoms with E-state index < -0.39 is 12.0 Å². The molecule has 118 valence electrons. The maximum atomic E-state index is 12.6. The van der Waals surface area contributed by atoms with E-state index in [0.29, 0.717) is 26.0 Å². The molecule has 2 aliphatic heterocycles. The van der Waals surface area contributed by atoms with Crippen LogP contribution in [0.15, 0.2) is 24.3 Å². The van der Waals surface area contributed by atoms with Crippen molar-refractivity contribution in [3.8, 4) is 5.75 Å². The summed E-state index contributed by atoms with van der Waals surface area (Å²) in [6.45, 7) is 1.16. The standard InChI is InChI=1S/C17H21NO4/c19-16(18-9-4-3-6-14(18)17(20)21)11-12-8-10-22-15-7-2-1-5-13(12)15/h1-2,5,7,12,14H,3-4,6,8-11H2,(H,20,21)/t12-,14-/m0/s1. The van der Waals surface area contributed by atoms with E-state index in [0.717, 1.165) is 30.6 Å². The van der Waals surface area contributed by atoms with Crippen LogP contribution in [0.5, 0.6) is 5.75 Å². The zero-order valence-corrected chi connectivity index (χ0v) is 12.5. The molecule has 3 rings (SSSR count). The summed E-state index contributed by atoms with van der Waals surface area (Å²) in [5, 5.41) is 9.31. The number of ether oxygens (including phenoxy) is 1. The fraction of sp³-hybridized carbons (Fsp3) is 0.529. The van der Waals surface area contributed by atoms with Crippen LogP contribution in [0.3, 0.4) is 0 Å². The zero-order chi connectivity index (χ0) is 15.5. The Bertz CT molecular complexity index is 572. The molecular weight excluding hydrogens is 282 g/mol. The first-order chi connectivity index (χ1) is 10.7. The van der Waals surface area contributed by atoms with Gasteiger partial charge in [-0.3, -0.25) is 4.79 Å². The third-order valence-corrected chi connectivity index (χ3v) is 4.61. The van der Waals surface area contributed by atoms with E-state index in [2.05, 4.69) is 0 Å². The smallest absolute Gasteiger partial charge is 0.326 e. The molecule has 0 radical (unpaired) electrons. The highest BCUT2D eigenvalue weighted by molar-refractivity contribution is 5.84. The second kappa shape index (κ2) is 6.38. The monoisotopic (exact) mass is 303 g/mol. The molecule has 0 aromatic heterocycles. The number of hydrogen-bond acceptors (Lipinski definition) is 3. The molecule has 22 heavy (non-hydrogen) atoms. The van der Waals surface area contributed by atoms with Crippen LogP contribution in [-0.2, 0) is 9.59 Å². The van der Waals surface area contributed by atoms with Crippen LogP contribution in [0, 0.1) is 0 Å². The fourth-order valence-corrected chi connectivity index (χ4v) is 3.44. The Morgan fingerprint density at radius 3 is 2.86 bits per heavy atom. The van der Waals surface area contributed by atoms with Crippen molar-refractivity contribution in [2.24, 2.45) is 0 Å². The van der Waals surface area contributed by atoms with Gasteiger partial charge in [-0.05, 0) is 43.2 Å². The quantitative estimate of drug-likeness (QED) is 0.931. The number of carboxylic acids is 1. The minimum absolute atomic E-state index is 0.0474. The molecule has 0 bridgehead atoms. The molecule has 1 aromatic rings. The topological polar surface area (TPSA) is 66.8 Å². The molecule has 5 heteroatoms. The number of amides is 1. The van der Waals surface area contributed by atoms with Gasteiger partial charge in [-0.2, -0.15) is 0 Å². The molecule has 2 atom stereocenters. The SMILES string of the molecule is O=C(O)[C@@H]1CCCCN1C(=O)C[C@@H]1CCOc2ccccc21. The number of nitrogens with zero attached hydrogens (tertiary/aromatic N) is 1. The van der Waals surface area contributed by atoms with E-state index in [4.69, 9.17) is 4.74 Å². The maximum Gasteiger partial charge on any atom is 0.326 e. The highest BCUT2D eigenvalue weighted by Crippen LogP contribution is 2.36. The summed E-state index contributed by atoms with van der Waals surface area (Å²) < 4.78 is 5.62. The minimum atomic E-state index is -0.888. The third-order valence-electron chi connectivity index (χ3n) is 4.61. The van der Waals surface area contributed by atoms with E-state index in [1.54, 1.807) is 4.90 Å². The van der Waals surface area contributed by atoms with E-state index in [1.165, 1.54) is 0 Å². The lowest BCUT2D eigenvalue weighted by atomic mass is 9.89. The Labute approximate surface area is 129 Å². The van der Waals surface area contributed by atoms with Crippen LogP contribution in [0.4, 0.5) is 0 Å². The fourth-order valence-electron chi connectivity index (χ4n) is 3.44. The van der Waals surface area contributed by atoms with Gasteiger partial charge < -0.3 is 14.7 Å². The van der Waals surface area contributed by atoms with Crippen molar-refractivity contribution in [2.75, 3.05) is 13.2 Å². The van der Waals surface area contributed by atoms with Gasteiger partial charge in [-0.25, -0.2) is 4.79 Å². The molecule has 0 unspecified atom stereocenters. The molecule has 0 aliphatic carbocycles. The number of piperidine rings is 1. The molecule has 1 aromatic carbocycles. The third kappa shape index (κ3) is 2.93. The number of benzene rings is 1. The number of likely N-dealkylation sites (tertiary alicyclic amines) is 1. The van der Waals surface area contributed by atoms with Crippen molar-refractivity contribution < 1.29 is 19.4 Å². The molecule has 0 saturated carbocycles. The Morgan fingerprint density at radius 1 is 1.23 bits per heavy atom. The second-order valence-electron chi connectivity index (χ2n) is 6.01. The van der Waals surface area contributed by atoms with Crippen molar-refractivity contribution in [1.29, 1.82) is 0 Å². The summed E-state index contributed by atoms with van der Waals surface area (Å²) >= 11 is 0. The highest BCUT2D eigenvalue weighted by Gasteiger charge is 2.33. The first-order valence-corrected chi connectivity index (χ1v) is 7.91. The van der Waals surface area contributed by atoms with Crippen LogP contribution in [-0.4, -0.2) is 41.1 Å². The van der Waals surface area contributed by atoms with Crippen LogP contribution >= 0.6 is 0 Å². The van der Waals surface area contributed by atoms with E-state index in [9.17, 15) is 14.7 Å². The Hall–Kier alpha value is -2.04. The largest absolute Gasteiger partial charge is 0.493 e. The average molecular weight is 303 g/mol. The first-order valence-electron chi connectivity index (χ1n) is 7.91. The molecule has 1 N–H and O–H groups in total. The lowest BCUT2D eigenvalue weighted by Crippen LogP contribution is -2.48. The molecule has 0 spiro atoms.